The van der Waals surface area contributed by atoms with Gasteiger partial charge in [0.25, 0.3) is 0 Å². The smallest absolute Gasteiger partial charge is 0.0830 e. The Balaban J connectivity index is 1.93. The lowest BCUT2D eigenvalue weighted by molar-refractivity contribution is 0.0385. The van der Waals surface area contributed by atoms with E-state index in [0.29, 0.717) is 12.1 Å². The van der Waals surface area contributed by atoms with Crippen LogP contribution in [0.15, 0.2) is 0 Å². The van der Waals surface area contributed by atoms with E-state index in [1.165, 1.54) is 0 Å². The van der Waals surface area contributed by atoms with Gasteiger partial charge in [0.1, 0.15) is 0 Å². The predicted octanol–water partition coefficient (Wildman–Crippen LogP) is 1.18. The first-order valence-corrected chi connectivity index (χ1v) is 5.25. The Morgan fingerprint density at radius 1 is 1.62 bits per heavy atom. The van der Waals surface area contributed by atoms with Gasteiger partial charge in [0.05, 0.1) is 12.7 Å². The summed E-state index contributed by atoms with van der Waals surface area (Å²) in [6.45, 7) is 7.86. The molecule has 0 aliphatic carbocycles. The summed E-state index contributed by atoms with van der Waals surface area (Å²) in [4.78, 5) is 0. The van der Waals surface area contributed by atoms with Crippen molar-refractivity contribution >= 4 is 0 Å². The van der Waals surface area contributed by atoms with Crippen molar-refractivity contribution in [3.8, 4) is 0 Å². The Morgan fingerprint density at radius 2 is 2.46 bits per heavy atom. The molecule has 0 bridgehead atoms. The molecule has 2 atom stereocenters. The Morgan fingerprint density at radius 3 is 3.08 bits per heavy atom. The lowest BCUT2D eigenvalue weighted by Gasteiger charge is -2.14. The molecule has 0 amide bonds. The summed E-state index contributed by atoms with van der Waals surface area (Å²) < 4.78 is 10.9. The van der Waals surface area contributed by atoms with Crippen molar-refractivity contribution in [1.29, 1.82) is 0 Å². The van der Waals surface area contributed by atoms with Gasteiger partial charge >= 0.3 is 0 Å². The standard InChI is InChI=1S/C10H21NO2/c1-3-11-9(2)4-7-13-10-5-6-12-8-10/h9-11H,3-8H2,1-2H3. The lowest BCUT2D eigenvalue weighted by Crippen LogP contribution is -2.27. The van der Waals surface area contributed by atoms with Crippen molar-refractivity contribution < 1.29 is 9.47 Å². The number of rotatable bonds is 6. The summed E-state index contributed by atoms with van der Waals surface area (Å²) >= 11 is 0. The molecule has 1 rings (SSSR count). The molecule has 0 aromatic carbocycles. The average molecular weight is 187 g/mol. The molecular weight excluding hydrogens is 166 g/mol. The SMILES string of the molecule is CCNC(C)CCOC1CCOC1. The highest BCUT2D eigenvalue weighted by Crippen LogP contribution is 2.08. The van der Waals surface area contributed by atoms with Crippen LogP contribution in [0.1, 0.15) is 26.7 Å². The van der Waals surface area contributed by atoms with E-state index in [-0.39, 0.29) is 0 Å². The van der Waals surface area contributed by atoms with Crippen LogP contribution >= 0.6 is 0 Å². The van der Waals surface area contributed by atoms with Crippen molar-refractivity contribution in [2.45, 2.75) is 38.8 Å². The quantitative estimate of drug-likeness (QED) is 0.677. The summed E-state index contributed by atoms with van der Waals surface area (Å²) in [6.07, 6.45) is 2.51. The maximum absolute atomic E-state index is 5.65. The molecule has 3 heteroatoms. The van der Waals surface area contributed by atoms with Crippen LogP contribution < -0.4 is 5.32 Å². The number of nitrogens with one attached hydrogen (secondary N) is 1. The second-order valence-corrected chi connectivity index (χ2v) is 3.60. The summed E-state index contributed by atoms with van der Waals surface area (Å²) in [6, 6.07) is 0.562. The van der Waals surface area contributed by atoms with Gasteiger partial charge in [-0.3, -0.25) is 0 Å². The molecule has 3 nitrogen and oxygen atoms in total. The Hall–Kier alpha value is -0.120. The zero-order chi connectivity index (χ0) is 9.52. The lowest BCUT2D eigenvalue weighted by atomic mass is 10.2. The predicted molar refractivity (Wildman–Crippen MR) is 52.9 cm³/mol. The van der Waals surface area contributed by atoms with Crippen LogP contribution in [0.3, 0.4) is 0 Å². The maximum Gasteiger partial charge on any atom is 0.0830 e. The molecule has 0 aromatic rings. The van der Waals surface area contributed by atoms with E-state index in [0.717, 1.165) is 39.2 Å². The normalized spacial score (nSPS) is 24.9. The third kappa shape index (κ3) is 4.60. The fourth-order valence-corrected chi connectivity index (χ4v) is 1.51. The van der Waals surface area contributed by atoms with Gasteiger partial charge in [0, 0.05) is 19.3 Å². The van der Waals surface area contributed by atoms with E-state index < -0.39 is 0 Å². The first-order chi connectivity index (χ1) is 6.33. The first-order valence-electron chi connectivity index (χ1n) is 5.25. The molecule has 13 heavy (non-hydrogen) atoms. The molecular formula is C10H21NO2. The molecule has 1 aliphatic heterocycles. The molecule has 2 unspecified atom stereocenters. The zero-order valence-electron chi connectivity index (χ0n) is 8.71. The third-order valence-electron chi connectivity index (χ3n) is 2.34. The van der Waals surface area contributed by atoms with Gasteiger partial charge in [0.2, 0.25) is 0 Å². The molecule has 1 N–H and O–H groups in total. The number of hydrogen-bond donors (Lipinski definition) is 1. The fraction of sp³-hybridized carbons (Fsp3) is 1.00. The van der Waals surface area contributed by atoms with Crippen LogP contribution in [0, 0.1) is 0 Å². The van der Waals surface area contributed by atoms with Crippen LogP contribution in [0.4, 0.5) is 0 Å². The van der Waals surface area contributed by atoms with E-state index in [1.807, 2.05) is 0 Å². The van der Waals surface area contributed by atoms with Crippen LogP contribution in [0.5, 0.6) is 0 Å². The zero-order valence-corrected chi connectivity index (χ0v) is 8.71. The molecule has 1 aliphatic rings. The van der Waals surface area contributed by atoms with Crippen molar-refractivity contribution in [2.24, 2.45) is 0 Å². The molecule has 0 spiro atoms. The van der Waals surface area contributed by atoms with Crippen LogP contribution in [0.2, 0.25) is 0 Å². The highest BCUT2D eigenvalue weighted by molar-refractivity contribution is 4.64. The summed E-state index contributed by atoms with van der Waals surface area (Å²) in [5.41, 5.74) is 0. The Bertz CT molecular complexity index is 124. The van der Waals surface area contributed by atoms with Gasteiger partial charge in [-0.1, -0.05) is 6.92 Å². The molecule has 1 saturated heterocycles. The average Bonchev–Trinajstić information content (AvgIpc) is 2.57. The second-order valence-electron chi connectivity index (χ2n) is 3.60. The van der Waals surface area contributed by atoms with Crippen molar-refractivity contribution in [3.05, 3.63) is 0 Å². The van der Waals surface area contributed by atoms with Crippen LogP contribution in [-0.4, -0.2) is 38.5 Å². The Labute approximate surface area is 80.8 Å². The van der Waals surface area contributed by atoms with Crippen molar-refractivity contribution in [2.75, 3.05) is 26.4 Å². The molecule has 1 fully saturated rings. The minimum absolute atomic E-state index is 0.355. The van der Waals surface area contributed by atoms with Gasteiger partial charge in [0.15, 0.2) is 0 Å². The van der Waals surface area contributed by atoms with E-state index >= 15 is 0 Å². The van der Waals surface area contributed by atoms with Gasteiger partial charge in [-0.05, 0) is 26.3 Å². The monoisotopic (exact) mass is 187 g/mol. The van der Waals surface area contributed by atoms with Crippen LogP contribution in [-0.2, 0) is 9.47 Å². The van der Waals surface area contributed by atoms with Crippen molar-refractivity contribution in [3.63, 3.8) is 0 Å². The topological polar surface area (TPSA) is 30.5 Å². The second kappa shape index (κ2) is 6.35. The maximum atomic E-state index is 5.65. The van der Waals surface area contributed by atoms with Crippen molar-refractivity contribution in [1.82, 2.24) is 5.32 Å². The summed E-state index contributed by atoms with van der Waals surface area (Å²) in [5.74, 6) is 0. The third-order valence-corrected chi connectivity index (χ3v) is 2.34. The van der Waals surface area contributed by atoms with E-state index in [1.54, 1.807) is 0 Å². The minimum atomic E-state index is 0.355. The highest BCUT2D eigenvalue weighted by Gasteiger charge is 2.15. The van der Waals surface area contributed by atoms with E-state index in [2.05, 4.69) is 19.2 Å². The van der Waals surface area contributed by atoms with Gasteiger partial charge < -0.3 is 14.8 Å². The largest absolute Gasteiger partial charge is 0.379 e. The molecule has 0 radical (unpaired) electrons. The minimum Gasteiger partial charge on any atom is -0.379 e. The highest BCUT2D eigenvalue weighted by atomic mass is 16.5. The summed E-state index contributed by atoms with van der Waals surface area (Å²) in [5, 5.41) is 3.36. The molecule has 0 aromatic heterocycles. The first kappa shape index (κ1) is 11.0. The molecule has 1 heterocycles. The van der Waals surface area contributed by atoms with Gasteiger partial charge in [-0.2, -0.15) is 0 Å². The van der Waals surface area contributed by atoms with E-state index in [4.69, 9.17) is 9.47 Å². The van der Waals surface area contributed by atoms with E-state index in [9.17, 15) is 0 Å². The number of ether oxygens (including phenoxy) is 2. The van der Waals surface area contributed by atoms with Gasteiger partial charge in [-0.15, -0.1) is 0 Å². The Kier molecular flexibility index (Phi) is 5.35. The van der Waals surface area contributed by atoms with Crippen LogP contribution in [0.25, 0.3) is 0 Å². The number of hydrogen-bond acceptors (Lipinski definition) is 3. The summed E-state index contributed by atoms with van der Waals surface area (Å²) in [7, 11) is 0. The fourth-order valence-electron chi connectivity index (χ4n) is 1.51. The molecule has 78 valence electrons. The molecule has 0 saturated carbocycles. The van der Waals surface area contributed by atoms with Gasteiger partial charge in [-0.25, -0.2) is 0 Å².